The zero-order chi connectivity index (χ0) is 23.2. The van der Waals surface area contributed by atoms with Crippen LogP contribution in [0, 0.1) is 0 Å². The SMILES string of the molecule is CNC(=O)[C@@H](C)N(Cc1ccc(Br)cc1)C(=O)CN(c1cccc(OC)c1)S(C)(=O)=O. The monoisotopic (exact) mass is 511 g/mol. The van der Waals surface area contributed by atoms with Gasteiger partial charge in [0.25, 0.3) is 0 Å². The number of methoxy groups -OCH3 is 1. The second kappa shape index (κ2) is 10.6. The third-order valence-electron chi connectivity index (χ3n) is 4.70. The molecule has 31 heavy (non-hydrogen) atoms. The molecule has 168 valence electrons. The summed E-state index contributed by atoms with van der Waals surface area (Å²) in [5.41, 5.74) is 1.10. The number of likely N-dealkylation sites (N-methyl/N-ethyl adjacent to an activating group) is 1. The Bertz CT molecular complexity index is 1030. The molecule has 0 heterocycles. The minimum atomic E-state index is -3.78. The second-order valence-corrected chi connectivity index (χ2v) is 9.73. The zero-order valence-corrected chi connectivity index (χ0v) is 20.2. The van der Waals surface area contributed by atoms with Crippen LogP contribution in [0.15, 0.2) is 53.0 Å². The molecule has 2 amide bonds. The Hall–Kier alpha value is -2.59. The molecule has 2 aromatic rings. The Morgan fingerprint density at radius 3 is 2.35 bits per heavy atom. The summed E-state index contributed by atoms with van der Waals surface area (Å²) in [5, 5.41) is 2.54. The van der Waals surface area contributed by atoms with Crippen LogP contribution in [0.3, 0.4) is 0 Å². The second-order valence-electron chi connectivity index (χ2n) is 6.91. The van der Waals surface area contributed by atoms with Gasteiger partial charge >= 0.3 is 0 Å². The molecule has 1 N–H and O–H groups in total. The largest absolute Gasteiger partial charge is 0.497 e. The third kappa shape index (κ3) is 6.70. The number of ether oxygens (including phenoxy) is 1. The van der Waals surface area contributed by atoms with Crippen LogP contribution in [0.5, 0.6) is 5.75 Å². The first-order valence-electron chi connectivity index (χ1n) is 9.44. The number of hydrogen-bond acceptors (Lipinski definition) is 5. The normalized spacial score (nSPS) is 12.0. The molecule has 0 bridgehead atoms. The van der Waals surface area contributed by atoms with E-state index in [1.54, 1.807) is 25.1 Å². The van der Waals surface area contributed by atoms with E-state index in [1.807, 2.05) is 24.3 Å². The summed E-state index contributed by atoms with van der Waals surface area (Å²) >= 11 is 3.37. The first-order chi connectivity index (χ1) is 14.6. The zero-order valence-electron chi connectivity index (χ0n) is 17.8. The summed E-state index contributed by atoms with van der Waals surface area (Å²) in [7, 11) is -0.819. The molecule has 2 aromatic carbocycles. The number of anilines is 1. The summed E-state index contributed by atoms with van der Waals surface area (Å²) in [5.74, 6) is -0.394. The van der Waals surface area contributed by atoms with E-state index in [9.17, 15) is 18.0 Å². The maximum Gasteiger partial charge on any atom is 0.244 e. The Labute approximate surface area is 191 Å². The topological polar surface area (TPSA) is 96.0 Å². The Morgan fingerprint density at radius 1 is 1.16 bits per heavy atom. The fourth-order valence-electron chi connectivity index (χ4n) is 2.96. The maximum atomic E-state index is 13.3. The van der Waals surface area contributed by atoms with Crippen molar-refractivity contribution in [2.24, 2.45) is 0 Å². The van der Waals surface area contributed by atoms with Crippen LogP contribution in [-0.4, -0.2) is 58.1 Å². The van der Waals surface area contributed by atoms with Gasteiger partial charge in [-0.2, -0.15) is 0 Å². The van der Waals surface area contributed by atoms with Gasteiger partial charge in [0.2, 0.25) is 21.8 Å². The quantitative estimate of drug-likeness (QED) is 0.557. The predicted molar refractivity (Wildman–Crippen MR) is 123 cm³/mol. The number of sulfonamides is 1. The molecule has 0 spiro atoms. The fourth-order valence-corrected chi connectivity index (χ4v) is 4.06. The van der Waals surface area contributed by atoms with Crippen molar-refractivity contribution in [2.45, 2.75) is 19.5 Å². The molecular weight excluding hydrogens is 486 g/mol. The van der Waals surface area contributed by atoms with E-state index < -0.39 is 28.5 Å². The average molecular weight is 512 g/mol. The predicted octanol–water partition coefficient (Wildman–Crippen LogP) is 2.39. The molecule has 1 atom stereocenters. The minimum Gasteiger partial charge on any atom is -0.497 e. The van der Waals surface area contributed by atoms with Crippen LogP contribution in [0.4, 0.5) is 5.69 Å². The molecule has 0 unspecified atom stereocenters. The highest BCUT2D eigenvalue weighted by atomic mass is 79.9. The Morgan fingerprint density at radius 2 is 1.81 bits per heavy atom. The minimum absolute atomic E-state index is 0.149. The molecule has 0 aliphatic rings. The number of nitrogens with zero attached hydrogens (tertiary/aromatic N) is 2. The summed E-state index contributed by atoms with van der Waals surface area (Å²) in [4.78, 5) is 26.9. The summed E-state index contributed by atoms with van der Waals surface area (Å²) in [6, 6.07) is 13.0. The van der Waals surface area contributed by atoms with Gasteiger partial charge in [-0.25, -0.2) is 8.42 Å². The van der Waals surface area contributed by atoms with Crippen molar-refractivity contribution < 1.29 is 22.7 Å². The van der Waals surface area contributed by atoms with E-state index in [-0.39, 0.29) is 12.5 Å². The summed E-state index contributed by atoms with van der Waals surface area (Å²) in [6.45, 7) is 1.30. The van der Waals surface area contributed by atoms with Crippen LogP contribution >= 0.6 is 15.9 Å². The number of benzene rings is 2. The van der Waals surface area contributed by atoms with Crippen molar-refractivity contribution >= 4 is 43.5 Å². The Balaban J connectivity index is 2.38. The summed E-state index contributed by atoms with van der Waals surface area (Å²) in [6.07, 6.45) is 1.03. The van der Waals surface area contributed by atoms with Crippen LogP contribution in [-0.2, 0) is 26.2 Å². The van der Waals surface area contributed by atoms with E-state index >= 15 is 0 Å². The number of hydrogen-bond donors (Lipinski definition) is 1. The van der Waals surface area contributed by atoms with Gasteiger partial charge in [-0.3, -0.25) is 13.9 Å². The molecule has 0 saturated carbocycles. The Kier molecular flexibility index (Phi) is 8.46. The highest BCUT2D eigenvalue weighted by Gasteiger charge is 2.29. The molecule has 0 aromatic heterocycles. The van der Waals surface area contributed by atoms with Gasteiger partial charge in [0.1, 0.15) is 18.3 Å². The van der Waals surface area contributed by atoms with E-state index in [1.165, 1.54) is 25.1 Å². The molecule has 8 nitrogen and oxygen atoms in total. The van der Waals surface area contributed by atoms with Gasteiger partial charge in [-0.15, -0.1) is 0 Å². The van der Waals surface area contributed by atoms with Crippen molar-refractivity contribution in [1.29, 1.82) is 0 Å². The lowest BCUT2D eigenvalue weighted by molar-refractivity contribution is -0.139. The van der Waals surface area contributed by atoms with E-state index in [0.29, 0.717) is 11.4 Å². The van der Waals surface area contributed by atoms with E-state index in [4.69, 9.17) is 4.74 Å². The van der Waals surface area contributed by atoms with Gasteiger partial charge in [0, 0.05) is 24.1 Å². The average Bonchev–Trinajstić information content (AvgIpc) is 2.75. The van der Waals surface area contributed by atoms with Crippen LogP contribution in [0.2, 0.25) is 0 Å². The fraction of sp³-hybridized carbons (Fsp3) is 0.333. The van der Waals surface area contributed by atoms with Gasteiger partial charge in [0.05, 0.1) is 19.1 Å². The first kappa shape index (κ1) is 24.7. The number of halogens is 1. The lowest BCUT2D eigenvalue weighted by Crippen LogP contribution is -2.50. The number of amides is 2. The summed E-state index contributed by atoms with van der Waals surface area (Å²) < 4.78 is 32.0. The number of carbonyl (C=O) groups excluding carboxylic acids is 2. The third-order valence-corrected chi connectivity index (χ3v) is 6.37. The van der Waals surface area contributed by atoms with Crippen molar-refractivity contribution in [3.63, 3.8) is 0 Å². The van der Waals surface area contributed by atoms with E-state index in [0.717, 1.165) is 20.6 Å². The molecule has 0 saturated heterocycles. The molecule has 0 fully saturated rings. The lowest BCUT2D eigenvalue weighted by atomic mass is 10.1. The van der Waals surface area contributed by atoms with Crippen LogP contribution in [0.25, 0.3) is 0 Å². The van der Waals surface area contributed by atoms with Crippen molar-refractivity contribution in [3.05, 3.63) is 58.6 Å². The molecule has 2 rings (SSSR count). The maximum absolute atomic E-state index is 13.3. The number of nitrogens with one attached hydrogen (secondary N) is 1. The highest BCUT2D eigenvalue weighted by molar-refractivity contribution is 9.10. The van der Waals surface area contributed by atoms with Crippen LogP contribution < -0.4 is 14.4 Å². The first-order valence-corrected chi connectivity index (χ1v) is 12.1. The molecule has 10 heteroatoms. The van der Waals surface area contributed by atoms with Crippen molar-refractivity contribution in [2.75, 3.05) is 31.3 Å². The molecule has 0 aliphatic heterocycles. The smallest absolute Gasteiger partial charge is 0.244 e. The number of carbonyl (C=O) groups is 2. The molecule has 0 radical (unpaired) electrons. The highest BCUT2D eigenvalue weighted by Crippen LogP contribution is 2.24. The van der Waals surface area contributed by atoms with Crippen molar-refractivity contribution in [3.8, 4) is 5.75 Å². The van der Waals surface area contributed by atoms with Gasteiger partial charge in [-0.1, -0.05) is 34.1 Å². The molecule has 0 aliphatic carbocycles. The lowest BCUT2D eigenvalue weighted by Gasteiger charge is -2.31. The van der Waals surface area contributed by atoms with Gasteiger partial charge in [0.15, 0.2) is 0 Å². The van der Waals surface area contributed by atoms with E-state index in [2.05, 4.69) is 21.2 Å². The van der Waals surface area contributed by atoms with Crippen LogP contribution in [0.1, 0.15) is 12.5 Å². The van der Waals surface area contributed by atoms with Gasteiger partial charge < -0.3 is 15.0 Å². The van der Waals surface area contributed by atoms with Crippen molar-refractivity contribution in [1.82, 2.24) is 10.2 Å². The standard InChI is InChI=1S/C21H26BrN3O5S/c1-15(21(27)23-2)24(13-16-8-10-17(22)11-9-16)20(26)14-25(31(4,28)29)18-6-5-7-19(12-18)30-3/h5-12,15H,13-14H2,1-4H3,(H,23,27)/t15-/m1/s1. The molecular formula is C21H26BrN3O5S. The number of rotatable bonds is 9. The van der Waals surface area contributed by atoms with Gasteiger partial charge in [-0.05, 0) is 36.8 Å².